The predicted molar refractivity (Wildman–Crippen MR) is 130 cm³/mol. The topological polar surface area (TPSA) is 54.6 Å². The molecule has 1 aromatic heterocycles. The van der Waals surface area contributed by atoms with E-state index in [9.17, 15) is 0 Å². The van der Waals surface area contributed by atoms with Crippen LogP contribution in [0.25, 0.3) is 11.5 Å². The predicted octanol–water partition coefficient (Wildman–Crippen LogP) is 5.31. The van der Waals surface area contributed by atoms with Crippen LogP contribution in [0.5, 0.6) is 5.75 Å². The molecule has 33 heavy (non-hydrogen) atoms. The first kappa shape index (κ1) is 21.5. The number of piperazine rings is 1. The highest BCUT2D eigenvalue weighted by atomic mass is 35.5. The van der Waals surface area contributed by atoms with Crippen molar-refractivity contribution in [2.24, 2.45) is 0 Å². The Bertz CT molecular complexity index is 1190. The van der Waals surface area contributed by atoms with Crippen molar-refractivity contribution < 1.29 is 9.15 Å². The van der Waals surface area contributed by atoms with E-state index in [1.54, 1.807) is 7.11 Å². The molecule has 6 nitrogen and oxygen atoms in total. The summed E-state index contributed by atoms with van der Waals surface area (Å²) in [5.74, 6) is 1.88. The zero-order valence-corrected chi connectivity index (χ0v) is 19.2. The van der Waals surface area contributed by atoms with Gasteiger partial charge in [-0.1, -0.05) is 54.1 Å². The van der Waals surface area contributed by atoms with Crippen LogP contribution in [0, 0.1) is 0 Å². The molecule has 1 saturated heterocycles. The number of halogens is 1. The Kier molecular flexibility index (Phi) is 6.28. The molecule has 1 aliphatic heterocycles. The second-order valence-corrected chi connectivity index (χ2v) is 8.37. The molecule has 0 radical (unpaired) electrons. The molecule has 1 aliphatic rings. The van der Waals surface area contributed by atoms with Gasteiger partial charge in [-0.2, -0.15) is 0 Å². The number of rotatable bonds is 6. The highest BCUT2D eigenvalue weighted by Gasteiger charge is 2.31. The van der Waals surface area contributed by atoms with E-state index in [0.717, 1.165) is 43.1 Å². The number of methoxy groups -OCH3 is 1. The summed E-state index contributed by atoms with van der Waals surface area (Å²) in [4.78, 5) is 4.79. The Balaban J connectivity index is 1.39. The largest absolute Gasteiger partial charge is 0.497 e. The molecule has 0 saturated carbocycles. The molecule has 0 amide bonds. The lowest BCUT2D eigenvalue weighted by Crippen LogP contribution is -2.48. The first-order valence-electron chi connectivity index (χ1n) is 11.0. The van der Waals surface area contributed by atoms with Gasteiger partial charge < -0.3 is 14.1 Å². The molecule has 4 aromatic rings. The number of hydrogen-bond donors (Lipinski definition) is 0. The van der Waals surface area contributed by atoms with Crippen LogP contribution in [-0.2, 0) is 0 Å². The van der Waals surface area contributed by atoms with Gasteiger partial charge in [-0.3, -0.25) is 4.90 Å². The smallest absolute Gasteiger partial charge is 0.249 e. The van der Waals surface area contributed by atoms with Crippen molar-refractivity contribution in [1.82, 2.24) is 15.1 Å². The lowest BCUT2D eigenvalue weighted by atomic mass is 10.0. The summed E-state index contributed by atoms with van der Waals surface area (Å²) in [6, 6.07) is 26.0. The third-order valence-electron chi connectivity index (χ3n) is 6.01. The van der Waals surface area contributed by atoms with Crippen LogP contribution >= 0.6 is 11.6 Å². The van der Waals surface area contributed by atoms with Gasteiger partial charge in [0, 0.05) is 31.9 Å². The molecule has 0 unspecified atom stereocenters. The SMILES string of the molecule is COc1ccc(N2CCN([C@H](c3ccccc3)c3nnc(-c4ccccc4Cl)o3)CC2)cc1. The molecule has 5 rings (SSSR count). The Morgan fingerprint density at radius 2 is 1.55 bits per heavy atom. The normalized spacial score (nSPS) is 15.4. The lowest BCUT2D eigenvalue weighted by Gasteiger charge is -2.39. The number of benzene rings is 3. The summed E-state index contributed by atoms with van der Waals surface area (Å²) < 4.78 is 11.5. The van der Waals surface area contributed by atoms with Crippen LogP contribution in [0.2, 0.25) is 5.02 Å². The van der Waals surface area contributed by atoms with Crippen molar-refractivity contribution in [3.63, 3.8) is 0 Å². The molecule has 2 heterocycles. The van der Waals surface area contributed by atoms with Gasteiger partial charge in [0.2, 0.25) is 11.8 Å². The number of aromatic nitrogens is 2. The number of anilines is 1. The van der Waals surface area contributed by atoms with Crippen LogP contribution in [0.15, 0.2) is 83.3 Å². The van der Waals surface area contributed by atoms with Gasteiger partial charge in [-0.15, -0.1) is 10.2 Å². The third-order valence-corrected chi connectivity index (χ3v) is 6.34. The molecule has 7 heteroatoms. The summed E-state index contributed by atoms with van der Waals surface area (Å²) >= 11 is 6.36. The Morgan fingerprint density at radius 1 is 0.848 bits per heavy atom. The van der Waals surface area contributed by atoms with Crippen LogP contribution in [0.3, 0.4) is 0 Å². The van der Waals surface area contributed by atoms with Gasteiger partial charge >= 0.3 is 0 Å². The van der Waals surface area contributed by atoms with Crippen LogP contribution in [-0.4, -0.2) is 48.4 Å². The Hall–Kier alpha value is -3.35. The van der Waals surface area contributed by atoms with E-state index < -0.39 is 0 Å². The maximum absolute atomic E-state index is 6.36. The van der Waals surface area contributed by atoms with Crippen molar-refractivity contribution >= 4 is 17.3 Å². The number of ether oxygens (including phenoxy) is 1. The van der Waals surface area contributed by atoms with Gasteiger partial charge in [0.1, 0.15) is 11.8 Å². The molecule has 168 valence electrons. The van der Waals surface area contributed by atoms with E-state index in [-0.39, 0.29) is 6.04 Å². The first-order chi connectivity index (χ1) is 16.2. The molecular formula is C26H25ClN4O2. The molecule has 3 aromatic carbocycles. The van der Waals surface area contributed by atoms with E-state index in [2.05, 4.69) is 44.3 Å². The average molecular weight is 461 g/mol. The van der Waals surface area contributed by atoms with Gasteiger partial charge in [0.15, 0.2) is 0 Å². The number of hydrogen-bond acceptors (Lipinski definition) is 6. The minimum Gasteiger partial charge on any atom is -0.497 e. The van der Waals surface area contributed by atoms with Gasteiger partial charge in [0.05, 0.1) is 17.7 Å². The van der Waals surface area contributed by atoms with Crippen molar-refractivity contribution in [2.75, 3.05) is 38.2 Å². The molecule has 1 atom stereocenters. The fourth-order valence-electron chi connectivity index (χ4n) is 4.26. The first-order valence-corrected chi connectivity index (χ1v) is 11.4. The molecule has 0 aliphatic carbocycles. The van der Waals surface area contributed by atoms with E-state index >= 15 is 0 Å². The maximum Gasteiger partial charge on any atom is 0.249 e. The van der Waals surface area contributed by atoms with Crippen LogP contribution in [0.1, 0.15) is 17.5 Å². The maximum atomic E-state index is 6.36. The molecule has 0 bridgehead atoms. The molecule has 0 N–H and O–H groups in total. The molecule has 1 fully saturated rings. The Labute approximate surface area is 198 Å². The fourth-order valence-corrected chi connectivity index (χ4v) is 4.48. The standard InChI is InChI=1S/C26H25ClN4O2/c1-32-21-13-11-20(12-14-21)30-15-17-31(18-16-30)24(19-7-3-2-4-8-19)26-29-28-25(33-26)22-9-5-6-10-23(22)27/h2-14,24H,15-18H2,1H3/t24-/m1/s1. The second-order valence-electron chi connectivity index (χ2n) is 7.96. The van der Waals surface area contributed by atoms with Crippen LogP contribution < -0.4 is 9.64 Å². The second kappa shape index (κ2) is 9.65. The minimum atomic E-state index is -0.118. The van der Waals surface area contributed by atoms with E-state index in [4.69, 9.17) is 20.8 Å². The highest BCUT2D eigenvalue weighted by Crippen LogP contribution is 2.33. The Morgan fingerprint density at radius 3 is 2.24 bits per heavy atom. The number of nitrogens with zero attached hydrogens (tertiary/aromatic N) is 4. The summed E-state index contributed by atoms with van der Waals surface area (Å²) in [7, 11) is 1.69. The highest BCUT2D eigenvalue weighted by molar-refractivity contribution is 6.33. The van der Waals surface area contributed by atoms with Gasteiger partial charge in [-0.05, 0) is 42.0 Å². The summed E-state index contributed by atoms with van der Waals surface area (Å²) in [6.45, 7) is 3.55. The monoisotopic (exact) mass is 460 g/mol. The van der Waals surface area contributed by atoms with Gasteiger partial charge in [0.25, 0.3) is 0 Å². The summed E-state index contributed by atoms with van der Waals surface area (Å²) in [6.07, 6.45) is 0. The minimum absolute atomic E-state index is 0.118. The van der Waals surface area contributed by atoms with Crippen molar-refractivity contribution in [2.45, 2.75) is 6.04 Å². The van der Waals surface area contributed by atoms with Crippen molar-refractivity contribution in [3.05, 3.63) is 95.3 Å². The average Bonchev–Trinajstić information content (AvgIpc) is 3.35. The lowest BCUT2D eigenvalue weighted by molar-refractivity contribution is 0.188. The fraction of sp³-hybridized carbons (Fsp3) is 0.231. The van der Waals surface area contributed by atoms with Crippen molar-refractivity contribution in [1.29, 1.82) is 0 Å². The van der Waals surface area contributed by atoms with Crippen LogP contribution in [0.4, 0.5) is 5.69 Å². The summed E-state index contributed by atoms with van der Waals surface area (Å²) in [5.41, 5.74) is 3.07. The zero-order valence-electron chi connectivity index (χ0n) is 18.4. The zero-order chi connectivity index (χ0) is 22.6. The van der Waals surface area contributed by atoms with E-state index in [1.807, 2.05) is 54.6 Å². The van der Waals surface area contributed by atoms with E-state index in [1.165, 1.54) is 5.69 Å². The molecular weight excluding hydrogens is 436 g/mol. The quantitative estimate of drug-likeness (QED) is 0.388. The molecule has 0 spiro atoms. The third kappa shape index (κ3) is 4.58. The summed E-state index contributed by atoms with van der Waals surface area (Å²) in [5, 5.41) is 9.35. The van der Waals surface area contributed by atoms with E-state index in [0.29, 0.717) is 16.8 Å². The van der Waals surface area contributed by atoms with Crippen molar-refractivity contribution in [3.8, 4) is 17.2 Å². The van der Waals surface area contributed by atoms with Gasteiger partial charge in [-0.25, -0.2) is 0 Å².